The average molecular weight is 343 g/mol. The van der Waals surface area contributed by atoms with E-state index in [0.29, 0.717) is 15.6 Å². The van der Waals surface area contributed by atoms with Crippen LogP contribution in [0.4, 0.5) is 5.69 Å². The van der Waals surface area contributed by atoms with Crippen molar-refractivity contribution in [2.24, 2.45) is 0 Å². The van der Waals surface area contributed by atoms with Gasteiger partial charge in [-0.1, -0.05) is 54.1 Å². The third-order valence-corrected chi connectivity index (χ3v) is 4.75. The molecule has 0 aliphatic carbocycles. The van der Waals surface area contributed by atoms with E-state index in [1.807, 2.05) is 49.4 Å². The number of carbonyl (C=O) groups is 1. The second-order valence-corrected chi connectivity index (χ2v) is 6.69. The molecule has 1 amide bonds. The summed E-state index contributed by atoms with van der Waals surface area (Å²) in [4.78, 5) is 17.3. The van der Waals surface area contributed by atoms with Crippen LogP contribution in [0.15, 0.2) is 54.7 Å². The maximum Gasteiger partial charge on any atom is 0.267 e. The van der Waals surface area contributed by atoms with E-state index in [4.69, 9.17) is 11.6 Å². The summed E-state index contributed by atoms with van der Waals surface area (Å²) in [6.45, 7) is 1.91. The Morgan fingerprint density at radius 1 is 1.17 bits per heavy atom. The van der Waals surface area contributed by atoms with Gasteiger partial charge >= 0.3 is 0 Å². The first kappa shape index (κ1) is 15.7. The monoisotopic (exact) mass is 342 g/mol. The Morgan fingerprint density at radius 3 is 2.70 bits per heavy atom. The van der Waals surface area contributed by atoms with Gasteiger partial charge in [-0.15, -0.1) is 11.3 Å². The van der Waals surface area contributed by atoms with Crippen molar-refractivity contribution < 1.29 is 4.79 Å². The second-order valence-electron chi connectivity index (χ2n) is 5.17. The van der Waals surface area contributed by atoms with Gasteiger partial charge < -0.3 is 5.32 Å². The van der Waals surface area contributed by atoms with Crippen LogP contribution in [-0.2, 0) is 6.42 Å². The largest absolute Gasteiger partial charge is 0.320 e. The Labute approximate surface area is 144 Å². The molecule has 2 aromatic carbocycles. The number of rotatable bonds is 4. The molecule has 0 fully saturated rings. The molecule has 0 saturated heterocycles. The summed E-state index contributed by atoms with van der Waals surface area (Å²) in [7, 11) is 0. The number of aromatic nitrogens is 1. The van der Waals surface area contributed by atoms with Crippen LogP contribution in [0, 0.1) is 6.92 Å². The number of benzene rings is 2. The summed E-state index contributed by atoms with van der Waals surface area (Å²) in [5.74, 6) is -0.182. The molecule has 0 aliphatic rings. The van der Waals surface area contributed by atoms with Crippen molar-refractivity contribution in [2.75, 3.05) is 5.32 Å². The lowest BCUT2D eigenvalue weighted by Crippen LogP contribution is -2.11. The van der Waals surface area contributed by atoms with Crippen molar-refractivity contribution in [3.63, 3.8) is 0 Å². The van der Waals surface area contributed by atoms with E-state index < -0.39 is 0 Å². The smallest absolute Gasteiger partial charge is 0.267 e. The lowest BCUT2D eigenvalue weighted by Gasteiger charge is -2.08. The standard InChI is InChI=1S/C18H15ClN2OS/c1-12-6-5-9-14(19)17(12)21-18(22)15-11-20-16(23-15)10-13-7-3-2-4-8-13/h2-9,11H,10H2,1H3,(H,21,22). The van der Waals surface area contributed by atoms with Crippen LogP contribution in [-0.4, -0.2) is 10.9 Å². The molecule has 5 heteroatoms. The SMILES string of the molecule is Cc1cccc(Cl)c1NC(=O)c1cnc(Cc2ccccc2)s1. The van der Waals surface area contributed by atoms with Gasteiger partial charge in [-0.2, -0.15) is 0 Å². The number of carbonyl (C=O) groups excluding carboxylic acids is 1. The van der Waals surface area contributed by atoms with E-state index in [2.05, 4.69) is 10.3 Å². The maximum atomic E-state index is 12.4. The molecule has 3 aromatic rings. The zero-order chi connectivity index (χ0) is 16.2. The van der Waals surface area contributed by atoms with Crippen molar-refractivity contribution >= 4 is 34.5 Å². The van der Waals surface area contributed by atoms with Gasteiger partial charge in [0.25, 0.3) is 5.91 Å². The molecule has 1 aromatic heterocycles. The molecule has 1 heterocycles. The van der Waals surface area contributed by atoms with E-state index in [-0.39, 0.29) is 5.91 Å². The fourth-order valence-corrected chi connectivity index (χ4v) is 3.35. The number of nitrogens with zero attached hydrogens (tertiary/aromatic N) is 1. The van der Waals surface area contributed by atoms with Gasteiger partial charge in [0.05, 0.1) is 21.9 Å². The molecule has 3 nitrogen and oxygen atoms in total. The molecule has 0 spiro atoms. The normalized spacial score (nSPS) is 10.5. The highest BCUT2D eigenvalue weighted by Gasteiger charge is 2.14. The third-order valence-electron chi connectivity index (χ3n) is 3.44. The second kappa shape index (κ2) is 6.94. The fourth-order valence-electron chi connectivity index (χ4n) is 2.23. The molecule has 0 saturated carbocycles. The van der Waals surface area contributed by atoms with Crippen LogP contribution in [0.2, 0.25) is 5.02 Å². The topological polar surface area (TPSA) is 42.0 Å². The Bertz CT molecular complexity index is 810. The van der Waals surface area contributed by atoms with Gasteiger partial charge in [0.2, 0.25) is 0 Å². The Hall–Kier alpha value is -2.17. The molecule has 0 aliphatic heterocycles. The highest BCUT2D eigenvalue weighted by molar-refractivity contribution is 7.13. The number of nitrogens with one attached hydrogen (secondary N) is 1. The van der Waals surface area contributed by atoms with Gasteiger partial charge in [-0.3, -0.25) is 4.79 Å². The summed E-state index contributed by atoms with van der Waals surface area (Å²) in [5, 5.41) is 4.32. The van der Waals surface area contributed by atoms with Crippen LogP contribution in [0.25, 0.3) is 0 Å². The van der Waals surface area contributed by atoms with E-state index in [1.54, 1.807) is 12.3 Å². The quantitative estimate of drug-likeness (QED) is 0.729. The number of hydrogen-bond acceptors (Lipinski definition) is 3. The third kappa shape index (κ3) is 3.78. The van der Waals surface area contributed by atoms with Crippen molar-refractivity contribution in [1.82, 2.24) is 4.98 Å². The van der Waals surface area contributed by atoms with E-state index in [0.717, 1.165) is 17.0 Å². The molecular weight excluding hydrogens is 328 g/mol. The zero-order valence-electron chi connectivity index (χ0n) is 12.5. The van der Waals surface area contributed by atoms with E-state index in [1.165, 1.54) is 16.9 Å². The van der Waals surface area contributed by atoms with Gasteiger partial charge in [0.15, 0.2) is 0 Å². The lowest BCUT2D eigenvalue weighted by molar-refractivity contribution is 0.103. The first-order chi connectivity index (χ1) is 11.1. The van der Waals surface area contributed by atoms with Gasteiger partial charge in [-0.05, 0) is 24.1 Å². The van der Waals surface area contributed by atoms with Crippen LogP contribution < -0.4 is 5.32 Å². The molecule has 23 heavy (non-hydrogen) atoms. The Kier molecular flexibility index (Phi) is 4.74. The first-order valence-corrected chi connectivity index (χ1v) is 8.38. The number of thiazole rings is 1. The van der Waals surface area contributed by atoms with Crippen molar-refractivity contribution in [3.05, 3.63) is 80.8 Å². The number of para-hydroxylation sites is 1. The van der Waals surface area contributed by atoms with Gasteiger partial charge in [0.1, 0.15) is 4.88 Å². The van der Waals surface area contributed by atoms with Gasteiger partial charge in [0, 0.05) is 6.42 Å². The highest BCUT2D eigenvalue weighted by atomic mass is 35.5. The predicted molar refractivity (Wildman–Crippen MR) is 95.5 cm³/mol. The van der Waals surface area contributed by atoms with Crippen LogP contribution in [0.5, 0.6) is 0 Å². The Morgan fingerprint density at radius 2 is 1.96 bits per heavy atom. The maximum absolute atomic E-state index is 12.4. The molecule has 116 valence electrons. The molecule has 0 unspecified atom stereocenters. The number of hydrogen-bond donors (Lipinski definition) is 1. The van der Waals surface area contributed by atoms with Crippen molar-refractivity contribution in [2.45, 2.75) is 13.3 Å². The molecular formula is C18H15ClN2OS. The molecule has 0 bridgehead atoms. The Balaban J connectivity index is 1.74. The minimum absolute atomic E-state index is 0.182. The number of aryl methyl sites for hydroxylation is 1. The average Bonchev–Trinajstić information content (AvgIpc) is 3.00. The summed E-state index contributed by atoms with van der Waals surface area (Å²) in [5.41, 5.74) is 2.76. The lowest BCUT2D eigenvalue weighted by atomic mass is 10.2. The van der Waals surface area contributed by atoms with Crippen molar-refractivity contribution in [1.29, 1.82) is 0 Å². The molecule has 0 atom stereocenters. The first-order valence-electron chi connectivity index (χ1n) is 7.18. The summed E-state index contributed by atoms with van der Waals surface area (Å²) >= 11 is 7.55. The summed E-state index contributed by atoms with van der Waals surface area (Å²) in [6, 6.07) is 15.6. The summed E-state index contributed by atoms with van der Waals surface area (Å²) in [6.07, 6.45) is 2.34. The minimum Gasteiger partial charge on any atom is -0.320 e. The van der Waals surface area contributed by atoms with Crippen molar-refractivity contribution in [3.8, 4) is 0 Å². The van der Waals surface area contributed by atoms with Crippen LogP contribution in [0.3, 0.4) is 0 Å². The van der Waals surface area contributed by atoms with Crippen LogP contribution >= 0.6 is 22.9 Å². The minimum atomic E-state index is -0.182. The fraction of sp³-hybridized carbons (Fsp3) is 0.111. The number of anilines is 1. The molecule has 1 N–H and O–H groups in total. The highest BCUT2D eigenvalue weighted by Crippen LogP contribution is 2.26. The predicted octanol–water partition coefficient (Wildman–Crippen LogP) is 4.95. The van der Waals surface area contributed by atoms with Gasteiger partial charge in [-0.25, -0.2) is 4.98 Å². The van der Waals surface area contributed by atoms with E-state index >= 15 is 0 Å². The molecule has 3 rings (SSSR count). The zero-order valence-corrected chi connectivity index (χ0v) is 14.1. The number of halogens is 1. The van der Waals surface area contributed by atoms with Crippen LogP contribution in [0.1, 0.15) is 25.8 Å². The molecule has 0 radical (unpaired) electrons. The number of amides is 1. The van der Waals surface area contributed by atoms with E-state index in [9.17, 15) is 4.79 Å². The summed E-state index contributed by atoms with van der Waals surface area (Å²) < 4.78 is 0.